The van der Waals surface area contributed by atoms with Crippen LogP contribution in [0.3, 0.4) is 0 Å². The van der Waals surface area contributed by atoms with Crippen LogP contribution in [0.1, 0.15) is 5.56 Å². The number of hydrogen-bond acceptors (Lipinski definition) is 3. The van der Waals surface area contributed by atoms with E-state index in [2.05, 4.69) is 4.74 Å². The zero-order valence-corrected chi connectivity index (χ0v) is 10.9. The fourth-order valence-electron chi connectivity index (χ4n) is 1.87. The molecule has 0 saturated heterocycles. The molecular formula is C15H10F3NO2. The van der Waals surface area contributed by atoms with Gasteiger partial charge in [0.1, 0.15) is 11.5 Å². The van der Waals surface area contributed by atoms with Crippen molar-refractivity contribution >= 4 is 0 Å². The molecule has 0 spiro atoms. The van der Waals surface area contributed by atoms with Gasteiger partial charge in [0.15, 0.2) is 0 Å². The molecule has 0 unspecified atom stereocenters. The largest absolute Gasteiger partial charge is 0.573 e. The Hall–Kier alpha value is -2.68. The summed E-state index contributed by atoms with van der Waals surface area (Å²) >= 11 is 0. The lowest BCUT2D eigenvalue weighted by Gasteiger charge is -2.14. The van der Waals surface area contributed by atoms with Crippen LogP contribution in [0.15, 0.2) is 42.5 Å². The molecule has 0 bridgehead atoms. The number of hydrogen-bond donors (Lipinski definition) is 0. The highest BCUT2D eigenvalue weighted by Gasteiger charge is 2.32. The molecular weight excluding hydrogens is 283 g/mol. The Balaban J connectivity index is 2.59. The van der Waals surface area contributed by atoms with Gasteiger partial charge in [0.05, 0.1) is 18.7 Å². The lowest BCUT2D eigenvalue weighted by Crippen LogP contribution is -2.17. The first-order valence-electron chi connectivity index (χ1n) is 5.88. The predicted molar refractivity (Wildman–Crippen MR) is 69.8 cm³/mol. The molecule has 0 heterocycles. The smallest absolute Gasteiger partial charge is 0.497 e. The molecule has 108 valence electrons. The van der Waals surface area contributed by atoms with Crippen molar-refractivity contribution in [2.45, 2.75) is 6.36 Å². The Morgan fingerprint density at radius 2 is 1.76 bits per heavy atom. The Morgan fingerprint density at radius 3 is 2.38 bits per heavy atom. The molecule has 6 heteroatoms. The first-order valence-corrected chi connectivity index (χ1v) is 5.88. The molecule has 2 aromatic carbocycles. The molecule has 0 aliphatic heterocycles. The van der Waals surface area contributed by atoms with Gasteiger partial charge < -0.3 is 9.47 Å². The molecule has 0 saturated carbocycles. The van der Waals surface area contributed by atoms with E-state index in [1.165, 1.54) is 37.4 Å². The Kier molecular flexibility index (Phi) is 4.03. The second-order valence-corrected chi connectivity index (χ2v) is 4.07. The van der Waals surface area contributed by atoms with Gasteiger partial charge in [0.2, 0.25) is 0 Å². The third-order valence-corrected chi connectivity index (χ3v) is 2.75. The Labute approximate surface area is 119 Å². The van der Waals surface area contributed by atoms with Crippen molar-refractivity contribution in [1.82, 2.24) is 0 Å². The second kappa shape index (κ2) is 5.75. The topological polar surface area (TPSA) is 42.2 Å². The molecule has 0 N–H and O–H groups in total. The summed E-state index contributed by atoms with van der Waals surface area (Å²) in [6.45, 7) is 0. The molecule has 0 amide bonds. The summed E-state index contributed by atoms with van der Waals surface area (Å²) in [6.07, 6.45) is -4.80. The van der Waals surface area contributed by atoms with Gasteiger partial charge in [-0.05, 0) is 24.3 Å². The molecule has 0 radical (unpaired) electrons. The van der Waals surface area contributed by atoms with E-state index >= 15 is 0 Å². The minimum absolute atomic E-state index is 0.172. The van der Waals surface area contributed by atoms with Crippen molar-refractivity contribution in [2.75, 3.05) is 7.11 Å². The van der Waals surface area contributed by atoms with Crippen molar-refractivity contribution in [1.29, 1.82) is 5.26 Å². The van der Waals surface area contributed by atoms with Crippen LogP contribution in [0, 0.1) is 11.3 Å². The molecule has 21 heavy (non-hydrogen) atoms. The summed E-state index contributed by atoms with van der Waals surface area (Å²) in [5.41, 5.74) is 0.719. The van der Waals surface area contributed by atoms with Crippen LogP contribution in [0.5, 0.6) is 11.5 Å². The Bertz CT molecular complexity index is 690. The van der Waals surface area contributed by atoms with E-state index < -0.39 is 6.36 Å². The van der Waals surface area contributed by atoms with Gasteiger partial charge in [-0.1, -0.05) is 18.2 Å². The van der Waals surface area contributed by atoms with Crippen LogP contribution < -0.4 is 9.47 Å². The van der Waals surface area contributed by atoms with Crippen LogP contribution >= 0.6 is 0 Å². The highest BCUT2D eigenvalue weighted by Crippen LogP contribution is 2.36. The summed E-state index contributed by atoms with van der Waals surface area (Å²) < 4.78 is 46.4. The summed E-state index contributed by atoms with van der Waals surface area (Å²) in [7, 11) is 1.43. The fraction of sp³-hybridized carbons (Fsp3) is 0.133. The average molecular weight is 293 g/mol. The van der Waals surface area contributed by atoms with Crippen molar-refractivity contribution in [2.24, 2.45) is 0 Å². The lowest BCUT2D eigenvalue weighted by atomic mass is 9.99. The molecule has 3 nitrogen and oxygen atoms in total. The molecule has 0 atom stereocenters. The highest BCUT2D eigenvalue weighted by molar-refractivity contribution is 5.76. The predicted octanol–water partition coefficient (Wildman–Crippen LogP) is 4.13. The van der Waals surface area contributed by atoms with E-state index in [0.29, 0.717) is 11.3 Å². The maximum absolute atomic E-state index is 12.5. The minimum Gasteiger partial charge on any atom is -0.497 e. The molecule has 2 aromatic rings. The van der Waals surface area contributed by atoms with Gasteiger partial charge in [-0.3, -0.25) is 0 Å². The van der Waals surface area contributed by atoms with Gasteiger partial charge in [-0.25, -0.2) is 0 Å². The van der Waals surface area contributed by atoms with E-state index in [1.54, 1.807) is 12.1 Å². The summed E-state index contributed by atoms with van der Waals surface area (Å²) in [5, 5.41) is 9.11. The first-order chi connectivity index (χ1) is 9.94. The quantitative estimate of drug-likeness (QED) is 0.854. The maximum Gasteiger partial charge on any atom is 0.573 e. The van der Waals surface area contributed by atoms with E-state index in [0.717, 1.165) is 0 Å². The third-order valence-electron chi connectivity index (χ3n) is 2.75. The van der Waals surface area contributed by atoms with E-state index in [4.69, 9.17) is 10.00 Å². The number of nitriles is 1. The highest BCUT2D eigenvalue weighted by atomic mass is 19.4. The molecule has 2 rings (SSSR count). The van der Waals surface area contributed by atoms with Crippen molar-refractivity contribution in [3.63, 3.8) is 0 Å². The molecule has 0 aliphatic rings. The van der Waals surface area contributed by atoms with Crippen LogP contribution in [0.2, 0.25) is 0 Å². The Morgan fingerprint density at radius 1 is 1.05 bits per heavy atom. The standard InChI is InChI=1S/C15H10F3NO2/c1-20-11-7-6-10(9-19)13(8-11)12-4-2-3-5-14(12)21-15(16,17)18/h2-8H,1H3. The normalized spacial score (nSPS) is 10.8. The van der Waals surface area contributed by atoms with Crippen molar-refractivity contribution in [3.8, 4) is 28.7 Å². The summed E-state index contributed by atoms with van der Waals surface area (Å²) in [4.78, 5) is 0. The van der Waals surface area contributed by atoms with Gasteiger partial charge in [0.25, 0.3) is 0 Å². The summed E-state index contributed by atoms with van der Waals surface area (Å²) in [6, 6.07) is 12.1. The van der Waals surface area contributed by atoms with Crippen LogP contribution in [-0.2, 0) is 0 Å². The van der Waals surface area contributed by atoms with Crippen LogP contribution in [0.25, 0.3) is 11.1 Å². The van der Waals surface area contributed by atoms with Crippen LogP contribution in [0.4, 0.5) is 13.2 Å². The number of halogens is 3. The van der Waals surface area contributed by atoms with Crippen molar-refractivity contribution in [3.05, 3.63) is 48.0 Å². The monoisotopic (exact) mass is 293 g/mol. The number of methoxy groups -OCH3 is 1. The number of nitrogens with zero attached hydrogens (tertiary/aromatic N) is 1. The fourth-order valence-corrected chi connectivity index (χ4v) is 1.87. The molecule has 0 aromatic heterocycles. The summed E-state index contributed by atoms with van der Waals surface area (Å²) in [5.74, 6) is 0.0700. The van der Waals surface area contributed by atoms with E-state index in [1.807, 2.05) is 6.07 Å². The van der Waals surface area contributed by atoms with Gasteiger partial charge in [-0.2, -0.15) is 5.26 Å². The molecule has 0 fully saturated rings. The average Bonchev–Trinajstić information content (AvgIpc) is 2.45. The van der Waals surface area contributed by atoms with Crippen LogP contribution in [-0.4, -0.2) is 13.5 Å². The number of benzene rings is 2. The van der Waals surface area contributed by atoms with Gasteiger partial charge in [0, 0.05) is 11.1 Å². The third kappa shape index (κ3) is 3.45. The first kappa shape index (κ1) is 14.7. The number of ether oxygens (including phenoxy) is 2. The van der Waals surface area contributed by atoms with Crippen molar-refractivity contribution < 1.29 is 22.6 Å². The minimum atomic E-state index is -4.80. The number of para-hydroxylation sites is 1. The zero-order chi connectivity index (χ0) is 15.5. The number of rotatable bonds is 3. The van der Waals surface area contributed by atoms with Gasteiger partial charge in [-0.15, -0.1) is 13.2 Å². The zero-order valence-electron chi connectivity index (χ0n) is 10.9. The lowest BCUT2D eigenvalue weighted by molar-refractivity contribution is -0.274. The van der Waals surface area contributed by atoms with Gasteiger partial charge >= 0.3 is 6.36 Å². The van der Waals surface area contributed by atoms with E-state index in [-0.39, 0.29) is 16.9 Å². The maximum atomic E-state index is 12.5. The molecule has 0 aliphatic carbocycles. The second-order valence-electron chi connectivity index (χ2n) is 4.07. The van der Waals surface area contributed by atoms with E-state index in [9.17, 15) is 13.2 Å². The SMILES string of the molecule is COc1ccc(C#N)c(-c2ccccc2OC(F)(F)F)c1. The number of alkyl halides is 3.